The molecule has 0 heterocycles. The Balaban J connectivity index is 0.000000509. The van der Waals surface area contributed by atoms with Crippen LogP contribution in [0.3, 0.4) is 0 Å². The predicted molar refractivity (Wildman–Crippen MR) is 108 cm³/mol. The molecule has 1 aliphatic carbocycles. The molecule has 2 aromatic carbocycles. The number of nitrogens with one attached hydrogen (secondary N) is 1. The third-order valence-electron chi connectivity index (χ3n) is 5.16. The van der Waals surface area contributed by atoms with Gasteiger partial charge in [0, 0.05) is 12.6 Å². The molecule has 3 unspecified atom stereocenters. The second-order valence-electron chi connectivity index (χ2n) is 7.55. The average Bonchev–Trinajstić information content (AvgIpc) is 2.77. The molecule has 2 aromatic rings. The van der Waals surface area contributed by atoms with E-state index in [0.717, 1.165) is 23.3 Å². The van der Waals surface area contributed by atoms with E-state index in [9.17, 15) is 36.2 Å². The lowest BCUT2D eigenvalue weighted by atomic mass is 9.80. The van der Waals surface area contributed by atoms with Gasteiger partial charge in [-0.3, -0.25) is 4.79 Å². The lowest BCUT2D eigenvalue weighted by molar-refractivity contribution is -0.192. The number of amides is 1. The van der Waals surface area contributed by atoms with Crippen LogP contribution in [-0.2, 0) is 15.8 Å². The zero-order valence-electron chi connectivity index (χ0n) is 17.5. The Kier molecular flexibility index (Phi) is 8.67. The molecule has 34 heavy (non-hydrogen) atoms. The number of nitrogens with two attached hydrogens (primary N) is 1. The molecule has 12 heteroatoms. The first-order valence-corrected chi connectivity index (χ1v) is 9.99. The minimum atomic E-state index is -5.08. The Hall–Kier alpha value is -3.12. The first-order valence-electron chi connectivity index (χ1n) is 9.99. The number of hydrogen-bond acceptors (Lipinski definition) is 4. The van der Waals surface area contributed by atoms with Gasteiger partial charge in [-0.25, -0.2) is 4.79 Å². The van der Waals surface area contributed by atoms with Crippen LogP contribution >= 0.6 is 0 Å². The Bertz CT molecular complexity index is 1010. The van der Waals surface area contributed by atoms with Gasteiger partial charge in [0.1, 0.15) is 0 Å². The first-order chi connectivity index (χ1) is 15.7. The summed E-state index contributed by atoms with van der Waals surface area (Å²) in [7, 11) is 0. The van der Waals surface area contributed by atoms with Crippen LogP contribution in [0.4, 0.5) is 26.3 Å². The molecule has 6 nitrogen and oxygen atoms in total. The van der Waals surface area contributed by atoms with Crippen molar-refractivity contribution in [3.05, 3.63) is 70.8 Å². The average molecular weight is 492 g/mol. The maximum Gasteiger partial charge on any atom is 0.490 e. The van der Waals surface area contributed by atoms with Crippen molar-refractivity contribution in [3.63, 3.8) is 0 Å². The van der Waals surface area contributed by atoms with E-state index in [0.29, 0.717) is 12.8 Å². The van der Waals surface area contributed by atoms with Crippen molar-refractivity contribution in [1.82, 2.24) is 5.32 Å². The fraction of sp³-hybridized carbons (Fsp3) is 0.364. The Labute approximate surface area is 190 Å². The predicted octanol–water partition coefficient (Wildman–Crippen LogP) is 4.07. The molecule has 0 aromatic heterocycles. The summed E-state index contributed by atoms with van der Waals surface area (Å²) in [4.78, 5) is 21.5. The molecule has 0 fully saturated rings. The second-order valence-corrected chi connectivity index (χ2v) is 7.55. The smallest absolute Gasteiger partial charge is 0.475 e. The normalized spacial score (nSPS) is 18.7. The second kappa shape index (κ2) is 10.9. The Morgan fingerprint density at radius 3 is 2.15 bits per heavy atom. The van der Waals surface area contributed by atoms with E-state index in [-0.39, 0.29) is 30.0 Å². The maximum atomic E-state index is 12.8. The standard InChI is InChI=1S/C20H21F3N2O2.C2HF3O2/c21-20(22,23)13-5-3-4-12(10-13)18(26)11-25-19(27)16-8-9-17(24)15-7-2-1-6-14(15)16;3-2(4,5)1(6)7/h1-7,10,16-18,26H,8-9,11,24H2,(H,25,27);(H,6,7). The van der Waals surface area contributed by atoms with Crippen LogP contribution in [0.15, 0.2) is 48.5 Å². The van der Waals surface area contributed by atoms with Gasteiger partial charge in [-0.2, -0.15) is 26.3 Å². The van der Waals surface area contributed by atoms with Crippen molar-refractivity contribution < 1.29 is 46.1 Å². The molecule has 0 bridgehead atoms. The van der Waals surface area contributed by atoms with Crippen molar-refractivity contribution in [2.75, 3.05) is 6.54 Å². The lowest BCUT2D eigenvalue weighted by Crippen LogP contribution is -2.35. The molecule has 0 spiro atoms. The fourth-order valence-corrected chi connectivity index (χ4v) is 3.46. The summed E-state index contributed by atoms with van der Waals surface area (Å²) < 4.78 is 70.1. The van der Waals surface area contributed by atoms with E-state index in [1.54, 1.807) is 0 Å². The number of aliphatic hydroxyl groups is 1. The van der Waals surface area contributed by atoms with Crippen LogP contribution in [-0.4, -0.2) is 34.8 Å². The molecule has 3 atom stereocenters. The van der Waals surface area contributed by atoms with Gasteiger partial charge in [0.2, 0.25) is 5.91 Å². The number of carboxylic acids is 1. The number of aliphatic carboxylic acids is 1. The molecule has 0 aliphatic heterocycles. The van der Waals surface area contributed by atoms with Crippen LogP contribution in [0.5, 0.6) is 0 Å². The first kappa shape index (κ1) is 27.1. The largest absolute Gasteiger partial charge is 0.490 e. The van der Waals surface area contributed by atoms with Crippen molar-refractivity contribution in [1.29, 1.82) is 0 Å². The molecule has 0 saturated carbocycles. The number of hydrogen-bond donors (Lipinski definition) is 4. The highest BCUT2D eigenvalue weighted by Crippen LogP contribution is 2.36. The number of aliphatic hydroxyl groups excluding tert-OH is 1. The summed E-state index contributed by atoms with van der Waals surface area (Å²) in [5, 5.41) is 20.0. The van der Waals surface area contributed by atoms with Crippen LogP contribution < -0.4 is 11.1 Å². The maximum absolute atomic E-state index is 12.8. The number of carbonyl (C=O) groups is 2. The summed E-state index contributed by atoms with van der Waals surface area (Å²) in [6.45, 7) is -0.162. The Morgan fingerprint density at radius 2 is 1.59 bits per heavy atom. The molecular weight excluding hydrogens is 470 g/mol. The van der Waals surface area contributed by atoms with E-state index < -0.39 is 30.0 Å². The molecule has 0 radical (unpaired) electrons. The zero-order chi connectivity index (χ0) is 25.7. The quantitative estimate of drug-likeness (QED) is 0.481. The molecule has 0 saturated heterocycles. The van der Waals surface area contributed by atoms with Crippen LogP contribution in [0, 0.1) is 0 Å². The summed E-state index contributed by atoms with van der Waals surface area (Å²) in [5.74, 6) is -3.40. The molecule has 186 valence electrons. The fourth-order valence-electron chi connectivity index (χ4n) is 3.46. The van der Waals surface area contributed by atoms with Crippen LogP contribution in [0.2, 0.25) is 0 Å². The number of carbonyl (C=O) groups excluding carboxylic acids is 1. The third-order valence-corrected chi connectivity index (χ3v) is 5.16. The van der Waals surface area contributed by atoms with Crippen molar-refractivity contribution in [2.45, 2.75) is 43.3 Å². The van der Waals surface area contributed by atoms with Crippen molar-refractivity contribution in [2.24, 2.45) is 5.73 Å². The van der Waals surface area contributed by atoms with Gasteiger partial charge >= 0.3 is 18.3 Å². The van der Waals surface area contributed by atoms with Gasteiger partial charge in [0.25, 0.3) is 0 Å². The minimum Gasteiger partial charge on any atom is -0.475 e. The molecular formula is C22H22F6N2O4. The van der Waals surface area contributed by atoms with Gasteiger partial charge in [-0.1, -0.05) is 36.4 Å². The van der Waals surface area contributed by atoms with E-state index in [2.05, 4.69) is 5.32 Å². The van der Waals surface area contributed by atoms with Gasteiger partial charge in [-0.15, -0.1) is 0 Å². The lowest BCUT2D eigenvalue weighted by Gasteiger charge is -2.29. The van der Waals surface area contributed by atoms with E-state index in [4.69, 9.17) is 15.6 Å². The highest BCUT2D eigenvalue weighted by Gasteiger charge is 2.38. The van der Waals surface area contributed by atoms with Crippen molar-refractivity contribution >= 4 is 11.9 Å². The van der Waals surface area contributed by atoms with Crippen LogP contribution in [0.25, 0.3) is 0 Å². The topological polar surface area (TPSA) is 113 Å². The van der Waals surface area contributed by atoms with E-state index in [1.807, 2.05) is 24.3 Å². The molecule has 3 rings (SSSR count). The minimum absolute atomic E-state index is 0.108. The van der Waals surface area contributed by atoms with Gasteiger partial charge in [-0.05, 0) is 41.7 Å². The van der Waals surface area contributed by atoms with Gasteiger partial charge in [0.15, 0.2) is 0 Å². The summed E-state index contributed by atoms with van der Waals surface area (Å²) in [6.07, 6.45) is -9.53. The zero-order valence-corrected chi connectivity index (χ0v) is 17.5. The number of carboxylic acid groups (broad SMARTS) is 1. The third kappa shape index (κ3) is 7.19. The number of benzene rings is 2. The highest BCUT2D eigenvalue weighted by molar-refractivity contribution is 5.84. The molecule has 5 N–H and O–H groups in total. The summed E-state index contributed by atoms with van der Waals surface area (Å²) in [6, 6.07) is 11.8. The molecule has 1 amide bonds. The number of fused-ring (bicyclic) bond motifs is 1. The van der Waals surface area contributed by atoms with E-state index >= 15 is 0 Å². The molecule has 1 aliphatic rings. The number of rotatable bonds is 4. The highest BCUT2D eigenvalue weighted by atomic mass is 19.4. The van der Waals surface area contributed by atoms with Crippen molar-refractivity contribution in [3.8, 4) is 0 Å². The van der Waals surface area contributed by atoms with Gasteiger partial charge < -0.3 is 21.3 Å². The van der Waals surface area contributed by atoms with Crippen LogP contribution in [0.1, 0.15) is 53.2 Å². The summed E-state index contributed by atoms with van der Waals surface area (Å²) in [5.41, 5.74) is 7.16. The Morgan fingerprint density at radius 1 is 1.00 bits per heavy atom. The van der Waals surface area contributed by atoms with E-state index in [1.165, 1.54) is 12.1 Å². The SMILES string of the molecule is NC1CCC(C(=O)NCC(O)c2cccc(C(F)(F)F)c2)c2ccccc21.O=C(O)C(F)(F)F. The summed E-state index contributed by atoms with van der Waals surface area (Å²) >= 11 is 0. The number of halogens is 6. The monoisotopic (exact) mass is 492 g/mol. The van der Waals surface area contributed by atoms with Gasteiger partial charge in [0.05, 0.1) is 17.6 Å². The number of alkyl halides is 6.